The van der Waals surface area contributed by atoms with E-state index in [-0.39, 0.29) is 39.9 Å². The molecule has 0 radical (unpaired) electrons. The standard InChI is InChI=1S/C31H30F2N8O4/c1-19-5-6-20(15-22(19)30(43)40-13-11-38(2)12-14-40)44-21-7-8-26(45-31(32)33)23(16-21)27-25(18-39(3)37-27)36-29(42)24-17-35-41-10-4-9-34-28(24)41/h4-10,15-18,31H,11-14H2,1-3H3,(H,36,42). The molecule has 4 heterocycles. The maximum Gasteiger partial charge on any atom is 0.387 e. The number of piperazine rings is 1. The second-order valence-electron chi connectivity index (χ2n) is 10.7. The summed E-state index contributed by atoms with van der Waals surface area (Å²) in [5, 5.41) is 11.4. The van der Waals surface area contributed by atoms with Gasteiger partial charge in [0.15, 0.2) is 5.65 Å². The number of anilines is 1. The zero-order valence-electron chi connectivity index (χ0n) is 24.8. The molecule has 0 spiro atoms. The molecule has 1 aliphatic heterocycles. The van der Waals surface area contributed by atoms with Crippen molar-refractivity contribution >= 4 is 23.1 Å². The van der Waals surface area contributed by atoms with E-state index in [9.17, 15) is 18.4 Å². The van der Waals surface area contributed by atoms with Gasteiger partial charge in [-0.25, -0.2) is 9.50 Å². The van der Waals surface area contributed by atoms with Gasteiger partial charge < -0.3 is 24.6 Å². The molecule has 45 heavy (non-hydrogen) atoms. The van der Waals surface area contributed by atoms with Gasteiger partial charge >= 0.3 is 6.61 Å². The van der Waals surface area contributed by atoms with Gasteiger partial charge in [0.2, 0.25) is 0 Å². The van der Waals surface area contributed by atoms with Gasteiger partial charge in [0, 0.05) is 57.4 Å². The summed E-state index contributed by atoms with van der Waals surface area (Å²) in [5.41, 5.74) is 2.46. The van der Waals surface area contributed by atoms with Gasteiger partial charge in [-0.05, 0) is 55.9 Å². The molecule has 12 nitrogen and oxygen atoms in total. The summed E-state index contributed by atoms with van der Waals surface area (Å²) in [6.45, 7) is 1.60. The summed E-state index contributed by atoms with van der Waals surface area (Å²) >= 11 is 0. The van der Waals surface area contributed by atoms with Gasteiger partial charge in [0.05, 0.1) is 17.4 Å². The molecule has 6 rings (SSSR count). The highest BCUT2D eigenvalue weighted by Gasteiger charge is 2.24. The summed E-state index contributed by atoms with van der Waals surface area (Å²) in [6, 6.07) is 11.2. The number of amides is 2. The Balaban J connectivity index is 1.30. The van der Waals surface area contributed by atoms with Crippen molar-refractivity contribution in [2.24, 2.45) is 7.05 Å². The average Bonchev–Trinajstić information content (AvgIpc) is 3.61. The van der Waals surface area contributed by atoms with E-state index < -0.39 is 12.5 Å². The van der Waals surface area contributed by atoms with Gasteiger partial charge in [-0.1, -0.05) is 6.07 Å². The summed E-state index contributed by atoms with van der Waals surface area (Å²) in [5.74, 6) is -0.0921. The number of ether oxygens (including phenoxy) is 2. The number of aromatic nitrogens is 5. The van der Waals surface area contributed by atoms with Crippen LogP contribution in [0.4, 0.5) is 14.5 Å². The van der Waals surface area contributed by atoms with Gasteiger partial charge in [0.1, 0.15) is 28.5 Å². The van der Waals surface area contributed by atoms with Crippen molar-refractivity contribution in [3.05, 3.63) is 83.9 Å². The number of fused-ring (bicyclic) bond motifs is 1. The highest BCUT2D eigenvalue weighted by atomic mass is 19.3. The fourth-order valence-corrected chi connectivity index (χ4v) is 5.12. The van der Waals surface area contributed by atoms with Crippen LogP contribution in [-0.2, 0) is 7.05 Å². The predicted molar refractivity (Wildman–Crippen MR) is 161 cm³/mol. The normalized spacial score (nSPS) is 13.8. The molecule has 0 unspecified atom stereocenters. The molecule has 1 N–H and O–H groups in total. The first kappa shape index (κ1) is 29.7. The fraction of sp³-hybridized carbons (Fsp3) is 0.258. The third-order valence-corrected chi connectivity index (χ3v) is 7.49. The quantitative estimate of drug-likeness (QED) is 0.271. The second-order valence-corrected chi connectivity index (χ2v) is 10.7. The van der Waals surface area contributed by atoms with E-state index in [1.165, 1.54) is 33.6 Å². The predicted octanol–water partition coefficient (Wildman–Crippen LogP) is 4.47. The molecule has 1 aliphatic rings. The smallest absolute Gasteiger partial charge is 0.387 e. The Morgan fingerprint density at radius 3 is 2.53 bits per heavy atom. The highest BCUT2D eigenvalue weighted by molar-refractivity contribution is 6.09. The number of rotatable bonds is 8. The SMILES string of the molecule is Cc1ccc(Oc2ccc(OC(F)F)c(-c3nn(C)cc3NC(=O)c3cnn4cccnc34)c2)cc1C(=O)N1CCN(C)CC1. The fourth-order valence-electron chi connectivity index (χ4n) is 5.12. The van der Waals surface area contributed by atoms with Crippen molar-refractivity contribution in [3.8, 4) is 28.5 Å². The van der Waals surface area contributed by atoms with E-state index >= 15 is 0 Å². The minimum Gasteiger partial charge on any atom is -0.457 e. The molecular weight excluding hydrogens is 586 g/mol. The second kappa shape index (κ2) is 12.3. The number of hydrogen-bond donors (Lipinski definition) is 1. The monoisotopic (exact) mass is 616 g/mol. The third-order valence-electron chi connectivity index (χ3n) is 7.49. The molecule has 232 valence electrons. The van der Waals surface area contributed by atoms with Crippen molar-refractivity contribution in [3.63, 3.8) is 0 Å². The Morgan fingerprint density at radius 2 is 1.76 bits per heavy atom. The van der Waals surface area contributed by atoms with E-state index in [0.717, 1.165) is 18.7 Å². The molecule has 0 saturated carbocycles. The molecule has 5 aromatic rings. The lowest BCUT2D eigenvalue weighted by Gasteiger charge is -2.32. The minimum atomic E-state index is -3.11. The van der Waals surface area contributed by atoms with E-state index in [0.29, 0.717) is 30.0 Å². The lowest BCUT2D eigenvalue weighted by atomic mass is 10.1. The number of nitrogens with zero attached hydrogens (tertiary/aromatic N) is 7. The Labute approximate surface area is 256 Å². The van der Waals surface area contributed by atoms with Crippen molar-refractivity contribution in [2.75, 3.05) is 38.5 Å². The van der Waals surface area contributed by atoms with Crippen LogP contribution in [0.2, 0.25) is 0 Å². The molecule has 14 heteroatoms. The number of benzene rings is 2. The zero-order valence-corrected chi connectivity index (χ0v) is 24.8. The van der Waals surface area contributed by atoms with Crippen LogP contribution in [0.1, 0.15) is 26.3 Å². The van der Waals surface area contributed by atoms with Gasteiger partial charge in [-0.2, -0.15) is 19.0 Å². The summed E-state index contributed by atoms with van der Waals surface area (Å²) in [4.78, 5) is 34.8. The van der Waals surface area contributed by atoms with Crippen LogP contribution < -0.4 is 14.8 Å². The largest absolute Gasteiger partial charge is 0.457 e. The number of carbonyl (C=O) groups excluding carboxylic acids is 2. The van der Waals surface area contributed by atoms with Gasteiger partial charge in [-0.3, -0.25) is 14.3 Å². The van der Waals surface area contributed by atoms with Gasteiger partial charge in [-0.15, -0.1) is 0 Å². The highest BCUT2D eigenvalue weighted by Crippen LogP contribution is 2.39. The molecular formula is C31H30F2N8O4. The van der Waals surface area contributed by atoms with Crippen LogP contribution in [-0.4, -0.2) is 85.8 Å². The topological polar surface area (TPSA) is 119 Å². The third kappa shape index (κ3) is 6.31. The van der Waals surface area contributed by atoms with Crippen LogP contribution >= 0.6 is 0 Å². The molecule has 2 aromatic carbocycles. The molecule has 2 amide bonds. The van der Waals surface area contributed by atoms with E-state index in [4.69, 9.17) is 9.47 Å². The van der Waals surface area contributed by atoms with Crippen molar-refractivity contribution < 1.29 is 27.8 Å². The first-order chi connectivity index (χ1) is 21.7. The maximum atomic E-state index is 13.4. The van der Waals surface area contributed by atoms with E-state index in [1.807, 2.05) is 18.9 Å². The molecule has 1 saturated heterocycles. The molecule has 1 fully saturated rings. The Bertz CT molecular complexity index is 1880. The van der Waals surface area contributed by atoms with Crippen molar-refractivity contribution in [1.29, 1.82) is 0 Å². The molecule has 3 aromatic heterocycles. The lowest BCUT2D eigenvalue weighted by Crippen LogP contribution is -2.47. The number of likely N-dealkylation sites (N-methyl/N-ethyl adjacent to an activating group) is 1. The summed E-state index contributed by atoms with van der Waals surface area (Å²) in [7, 11) is 3.66. The number of carbonyl (C=O) groups is 2. The van der Waals surface area contributed by atoms with Crippen molar-refractivity contribution in [1.82, 2.24) is 34.2 Å². The Morgan fingerprint density at radius 1 is 1.00 bits per heavy atom. The first-order valence-corrected chi connectivity index (χ1v) is 14.1. The summed E-state index contributed by atoms with van der Waals surface area (Å²) < 4.78 is 40.7. The van der Waals surface area contributed by atoms with E-state index in [2.05, 4.69) is 25.4 Å². The molecule has 0 bridgehead atoms. The molecule has 0 atom stereocenters. The Kier molecular flexibility index (Phi) is 8.13. The van der Waals surface area contributed by atoms with E-state index in [1.54, 1.807) is 49.9 Å². The lowest BCUT2D eigenvalue weighted by molar-refractivity contribution is -0.0494. The minimum absolute atomic E-state index is 0.0808. The van der Waals surface area contributed by atoms with Crippen molar-refractivity contribution in [2.45, 2.75) is 13.5 Å². The molecule has 0 aliphatic carbocycles. The zero-order chi connectivity index (χ0) is 31.7. The van der Waals surface area contributed by atoms with Crippen LogP contribution in [0.3, 0.4) is 0 Å². The number of aryl methyl sites for hydroxylation is 2. The number of nitrogens with one attached hydrogen (secondary N) is 1. The van der Waals surface area contributed by atoms with Crippen LogP contribution in [0, 0.1) is 6.92 Å². The number of hydrogen-bond acceptors (Lipinski definition) is 8. The maximum absolute atomic E-state index is 13.4. The van der Waals surface area contributed by atoms with Crippen LogP contribution in [0.15, 0.2) is 67.3 Å². The number of alkyl halides is 2. The number of halogens is 2. The van der Waals surface area contributed by atoms with Crippen LogP contribution in [0.25, 0.3) is 16.9 Å². The van der Waals surface area contributed by atoms with Crippen LogP contribution in [0.5, 0.6) is 17.2 Å². The average molecular weight is 617 g/mol. The Hall–Kier alpha value is -5.37. The van der Waals surface area contributed by atoms with Gasteiger partial charge in [0.25, 0.3) is 11.8 Å². The first-order valence-electron chi connectivity index (χ1n) is 14.1. The summed E-state index contributed by atoms with van der Waals surface area (Å²) in [6.07, 6.45) is 6.13.